The molecule has 0 aromatic carbocycles. The van der Waals surface area contributed by atoms with Gasteiger partial charge in [-0.15, -0.1) is 0 Å². The second kappa shape index (κ2) is 13.0. The molecule has 17 heteroatoms. The molecule has 1 aliphatic rings. The van der Waals surface area contributed by atoms with Crippen LogP contribution in [0.15, 0.2) is 25.0 Å². The van der Waals surface area contributed by atoms with Crippen LogP contribution in [0.25, 0.3) is 11.0 Å². The molecule has 2 amide bonds. The van der Waals surface area contributed by atoms with Crippen LogP contribution in [0.1, 0.15) is 36.7 Å². The standard InChI is InChI=1S/C23H29N8O8P/c24-22-21-14(2-1-6-26-18(33)3-4-19(34)27-7-5-15-9-25-12-28-15)10-31(23(21)30-13-29-22)20-8-16(32)17(39-20)11-38-40(35,36)37/h9-10,12-13,16-17,20,32H,3-8,11H2,(H,25,28)(H,26,33)(H,27,34)(H2,24,29,30)(H2,35,36,37)/t16-,17+,20+/m0/s1. The molecule has 3 aromatic heterocycles. The van der Waals surface area contributed by atoms with E-state index in [1.165, 1.54) is 6.33 Å². The molecule has 4 heterocycles. The van der Waals surface area contributed by atoms with Gasteiger partial charge in [0.25, 0.3) is 0 Å². The monoisotopic (exact) mass is 576 g/mol. The fourth-order valence-electron chi connectivity index (χ4n) is 4.07. The number of nitrogen functional groups attached to an aromatic ring is 1. The first-order valence-electron chi connectivity index (χ1n) is 12.2. The Balaban J connectivity index is 1.31. The summed E-state index contributed by atoms with van der Waals surface area (Å²) in [6.45, 7) is -0.0558. The molecule has 0 saturated carbocycles. The van der Waals surface area contributed by atoms with Crippen LogP contribution >= 0.6 is 7.82 Å². The van der Waals surface area contributed by atoms with E-state index in [4.69, 9.17) is 20.3 Å². The summed E-state index contributed by atoms with van der Waals surface area (Å²) in [5, 5.41) is 16.1. The molecule has 0 spiro atoms. The molecule has 214 valence electrons. The lowest BCUT2D eigenvalue weighted by Gasteiger charge is -2.16. The van der Waals surface area contributed by atoms with Crippen LogP contribution in [0.5, 0.6) is 0 Å². The van der Waals surface area contributed by atoms with Gasteiger partial charge in [-0.1, -0.05) is 11.8 Å². The first-order valence-corrected chi connectivity index (χ1v) is 13.8. The zero-order valence-electron chi connectivity index (χ0n) is 21.2. The number of H-pyrrole nitrogens is 1. The second-order valence-electron chi connectivity index (χ2n) is 8.88. The van der Waals surface area contributed by atoms with Gasteiger partial charge >= 0.3 is 7.82 Å². The SMILES string of the molecule is Nc1ncnc2c1c(C#CCNC(=O)CCC(=O)NCCc1cnc[nH]1)cn2[C@H]1C[C@H](O)[C@@H](COP(=O)(O)O)O1. The van der Waals surface area contributed by atoms with Gasteiger partial charge in [0.15, 0.2) is 0 Å². The van der Waals surface area contributed by atoms with E-state index in [1.54, 1.807) is 23.3 Å². The summed E-state index contributed by atoms with van der Waals surface area (Å²) in [5.41, 5.74) is 7.79. The van der Waals surface area contributed by atoms with Crippen molar-refractivity contribution in [2.24, 2.45) is 0 Å². The van der Waals surface area contributed by atoms with Gasteiger partial charge in [0.2, 0.25) is 11.8 Å². The van der Waals surface area contributed by atoms with Gasteiger partial charge in [-0.3, -0.25) is 14.1 Å². The van der Waals surface area contributed by atoms with Crippen LogP contribution in [-0.2, 0) is 29.8 Å². The van der Waals surface area contributed by atoms with Crippen molar-refractivity contribution in [3.05, 3.63) is 36.3 Å². The molecule has 0 bridgehead atoms. The number of anilines is 1. The van der Waals surface area contributed by atoms with Gasteiger partial charge in [0.1, 0.15) is 30.1 Å². The van der Waals surface area contributed by atoms with Gasteiger partial charge in [0.05, 0.1) is 36.5 Å². The number of aromatic nitrogens is 5. The van der Waals surface area contributed by atoms with Crippen LogP contribution < -0.4 is 16.4 Å². The van der Waals surface area contributed by atoms with Crippen molar-refractivity contribution in [3.8, 4) is 11.8 Å². The summed E-state index contributed by atoms with van der Waals surface area (Å²) in [5.74, 6) is 5.35. The van der Waals surface area contributed by atoms with E-state index >= 15 is 0 Å². The number of carbonyl (C=O) groups is 2. The fraction of sp³-hybridized carbons (Fsp3) is 0.435. The van der Waals surface area contributed by atoms with E-state index in [0.717, 1.165) is 5.69 Å². The highest BCUT2D eigenvalue weighted by Gasteiger charge is 2.37. The summed E-state index contributed by atoms with van der Waals surface area (Å²) >= 11 is 0. The maximum Gasteiger partial charge on any atom is 0.469 e. The number of aliphatic hydroxyl groups excluding tert-OH is 1. The van der Waals surface area contributed by atoms with Crippen LogP contribution in [0.4, 0.5) is 5.82 Å². The van der Waals surface area contributed by atoms with E-state index < -0.39 is 32.9 Å². The van der Waals surface area contributed by atoms with Crippen LogP contribution in [-0.4, -0.2) is 83.1 Å². The minimum absolute atomic E-state index is 0.00586. The molecule has 3 aromatic rings. The third-order valence-corrected chi connectivity index (χ3v) is 6.49. The van der Waals surface area contributed by atoms with E-state index in [9.17, 15) is 19.3 Å². The predicted octanol–water partition coefficient (Wildman–Crippen LogP) is -0.899. The van der Waals surface area contributed by atoms with Gasteiger partial charge in [-0.25, -0.2) is 19.5 Å². The predicted molar refractivity (Wildman–Crippen MR) is 139 cm³/mol. The number of nitrogens with zero attached hydrogens (tertiary/aromatic N) is 4. The molecule has 3 atom stereocenters. The van der Waals surface area contributed by atoms with E-state index in [1.807, 2.05) is 0 Å². The van der Waals surface area contributed by atoms with Crippen molar-refractivity contribution in [1.29, 1.82) is 0 Å². The lowest BCUT2D eigenvalue weighted by atomic mass is 10.2. The first kappa shape index (κ1) is 29.2. The minimum atomic E-state index is -4.73. The summed E-state index contributed by atoms with van der Waals surface area (Å²) in [6.07, 6.45) is 4.11. The van der Waals surface area contributed by atoms with Gasteiger partial charge < -0.3 is 45.5 Å². The molecule has 40 heavy (non-hydrogen) atoms. The highest BCUT2D eigenvalue weighted by atomic mass is 31.2. The number of phosphoric ester groups is 1. The van der Waals surface area contributed by atoms with E-state index in [0.29, 0.717) is 29.6 Å². The first-order chi connectivity index (χ1) is 19.1. The number of amides is 2. The zero-order chi connectivity index (χ0) is 28.7. The van der Waals surface area contributed by atoms with E-state index in [2.05, 4.69) is 46.9 Å². The van der Waals surface area contributed by atoms with Gasteiger partial charge in [-0.2, -0.15) is 0 Å². The molecular weight excluding hydrogens is 547 g/mol. The third-order valence-electron chi connectivity index (χ3n) is 6.01. The molecule has 0 unspecified atom stereocenters. The number of aliphatic hydroxyl groups is 1. The largest absolute Gasteiger partial charge is 0.469 e. The highest BCUT2D eigenvalue weighted by Crippen LogP contribution is 2.39. The number of hydrogen-bond donors (Lipinski definition) is 7. The Hall–Kier alpha value is -3.84. The molecule has 0 radical (unpaired) electrons. The fourth-order valence-corrected chi connectivity index (χ4v) is 4.41. The number of ether oxygens (including phenoxy) is 1. The molecule has 8 N–H and O–H groups in total. The summed E-state index contributed by atoms with van der Waals surface area (Å²) in [7, 11) is -4.73. The number of fused-ring (bicyclic) bond motifs is 1. The van der Waals surface area contributed by atoms with Gasteiger partial charge in [0, 0.05) is 50.3 Å². The number of nitrogens with two attached hydrogens (primary N) is 1. The Labute approximate surface area is 227 Å². The minimum Gasteiger partial charge on any atom is -0.390 e. The average Bonchev–Trinajstić information content (AvgIpc) is 3.63. The maximum atomic E-state index is 12.1. The molecule has 1 fully saturated rings. The van der Waals surface area contributed by atoms with Crippen molar-refractivity contribution >= 4 is 36.5 Å². The number of nitrogens with one attached hydrogen (secondary N) is 3. The lowest BCUT2D eigenvalue weighted by Crippen LogP contribution is -2.29. The number of imidazole rings is 1. The van der Waals surface area contributed by atoms with Crippen molar-refractivity contribution in [2.45, 2.75) is 44.1 Å². The Morgan fingerprint density at radius 2 is 2.05 bits per heavy atom. The summed E-state index contributed by atoms with van der Waals surface area (Å²) in [6, 6.07) is 0. The molecule has 0 aliphatic carbocycles. The second-order valence-corrected chi connectivity index (χ2v) is 10.1. The Morgan fingerprint density at radius 3 is 2.77 bits per heavy atom. The molecule has 16 nitrogen and oxygen atoms in total. The topological polar surface area (TPSA) is 240 Å². The molecule has 1 aliphatic heterocycles. The quantitative estimate of drug-likeness (QED) is 0.109. The number of carbonyl (C=O) groups excluding carboxylic acids is 2. The number of rotatable bonds is 11. The van der Waals surface area contributed by atoms with Crippen molar-refractivity contribution in [3.63, 3.8) is 0 Å². The summed E-state index contributed by atoms with van der Waals surface area (Å²) in [4.78, 5) is 57.0. The maximum absolute atomic E-state index is 12.1. The highest BCUT2D eigenvalue weighted by molar-refractivity contribution is 7.46. The third kappa shape index (κ3) is 7.85. The van der Waals surface area contributed by atoms with Crippen molar-refractivity contribution in [1.82, 2.24) is 35.1 Å². The molecule has 4 rings (SSSR count). The zero-order valence-corrected chi connectivity index (χ0v) is 22.1. The number of phosphoric acid groups is 1. The Morgan fingerprint density at radius 1 is 1.27 bits per heavy atom. The van der Waals surface area contributed by atoms with Gasteiger partial charge in [-0.05, 0) is 0 Å². The molecule has 1 saturated heterocycles. The van der Waals surface area contributed by atoms with Crippen molar-refractivity contribution in [2.75, 3.05) is 25.4 Å². The van der Waals surface area contributed by atoms with E-state index in [-0.39, 0.29) is 43.4 Å². The Kier molecular flexibility index (Phi) is 9.48. The number of hydrogen-bond acceptors (Lipinski definition) is 10. The Bertz CT molecular complexity index is 1440. The molecular formula is C23H29N8O8P. The number of aromatic amines is 1. The van der Waals surface area contributed by atoms with Crippen LogP contribution in [0, 0.1) is 11.8 Å². The average molecular weight is 577 g/mol. The van der Waals surface area contributed by atoms with Crippen molar-refractivity contribution < 1.29 is 38.3 Å². The smallest absolute Gasteiger partial charge is 0.390 e. The normalized spacial score (nSPS) is 18.8. The van der Waals surface area contributed by atoms with Crippen LogP contribution in [0.2, 0.25) is 0 Å². The lowest BCUT2D eigenvalue weighted by molar-refractivity contribution is -0.126. The summed E-state index contributed by atoms with van der Waals surface area (Å²) < 4.78 is 22.8. The van der Waals surface area contributed by atoms with Crippen LogP contribution in [0.3, 0.4) is 0 Å².